The van der Waals surface area contributed by atoms with Gasteiger partial charge in [0.15, 0.2) is 0 Å². The summed E-state index contributed by atoms with van der Waals surface area (Å²) < 4.78 is 0. The fourth-order valence-electron chi connectivity index (χ4n) is 2.62. The minimum atomic E-state index is -0.928. The lowest BCUT2D eigenvalue weighted by Crippen LogP contribution is -2.02. The van der Waals surface area contributed by atoms with Crippen molar-refractivity contribution in [1.29, 1.82) is 0 Å². The van der Waals surface area contributed by atoms with Crippen molar-refractivity contribution in [3.05, 3.63) is 59.2 Å². The average Bonchev–Trinajstić information content (AvgIpc) is 2.57. The van der Waals surface area contributed by atoms with Gasteiger partial charge in [-0.2, -0.15) is 0 Å². The molecule has 0 radical (unpaired) electrons. The molecule has 1 heterocycles. The predicted molar refractivity (Wildman–Crippen MR) is 95.4 cm³/mol. The molecule has 3 rings (SSSR count). The van der Waals surface area contributed by atoms with Crippen LogP contribution in [0.2, 0.25) is 0 Å². The molecule has 0 aliphatic rings. The SMILES string of the molecule is CSc1ccc(-c2cc(C(=O)O)c3ccc(C)c(C)c3n2)cc1. The maximum atomic E-state index is 11.7. The van der Waals surface area contributed by atoms with Gasteiger partial charge in [0.2, 0.25) is 0 Å². The van der Waals surface area contributed by atoms with E-state index in [2.05, 4.69) is 0 Å². The van der Waals surface area contributed by atoms with Gasteiger partial charge >= 0.3 is 5.97 Å². The molecular formula is C19H17NO2S. The number of aromatic carboxylic acids is 1. The molecule has 3 aromatic rings. The highest BCUT2D eigenvalue weighted by Gasteiger charge is 2.15. The first-order chi connectivity index (χ1) is 11.0. The van der Waals surface area contributed by atoms with Crippen molar-refractivity contribution < 1.29 is 9.90 Å². The Morgan fingerprint density at radius 2 is 1.78 bits per heavy atom. The fourth-order valence-corrected chi connectivity index (χ4v) is 3.02. The molecule has 0 atom stereocenters. The average molecular weight is 323 g/mol. The molecule has 0 aliphatic heterocycles. The van der Waals surface area contributed by atoms with Crippen LogP contribution in [0.25, 0.3) is 22.2 Å². The molecule has 0 aliphatic carbocycles. The summed E-state index contributed by atoms with van der Waals surface area (Å²) in [6.45, 7) is 3.99. The number of nitrogens with zero attached hydrogens (tertiary/aromatic N) is 1. The minimum absolute atomic E-state index is 0.294. The molecule has 2 aromatic carbocycles. The van der Waals surface area contributed by atoms with Crippen LogP contribution in [0.1, 0.15) is 21.5 Å². The highest BCUT2D eigenvalue weighted by atomic mass is 32.2. The topological polar surface area (TPSA) is 50.2 Å². The highest BCUT2D eigenvalue weighted by molar-refractivity contribution is 7.98. The van der Waals surface area contributed by atoms with E-state index in [1.165, 1.54) is 4.90 Å². The van der Waals surface area contributed by atoms with E-state index in [-0.39, 0.29) is 0 Å². The normalized spacial score (nSPS) is 10.9. The molecule has 0 saturated carbocycles. The van der Waals surface area contributed by atoms with Gasteiger partial charge in [-0.15, -0.1) is 11.8 Å². The van der Waals surface area contributed by atoms with Crippen LogP contribution in [0.4, 0.5) is 0 Å². The van der Waals surface area contributed by atoms with Crippen molar-refractivity contribution in [2.24, 2.45) is 0 Å². The second-order valence-corrected chi connectivity index (χ2v) is 6.37. The van der Waals surface area contributed by atoms with Gasteiger partial charge in [0.25, 0.3) is 0 Å². The van der Waals surface area contributed by atoms with Gasteiger partial charge in [0, 0.05) is 15.8 Å². The maximum absolute atomic E-state index is 11.7. The number of hydrogen-bond acceptors (Lipinski definition) is 3. The summed E-state index contributed by atoms with van der Waals surface area (Å²) in [5.41, 5.74) is 4.80. The molecule has 1 aromatic heterocycles. The third-order valence-corrected chi connectivity index (χ3v) is 4.87. The Morgan fingerprint density at radius 1 is 1.09 bits per heavy atom. The van der Waals surface area contributed by atoms with Crippen molar-refractivity contribution in [2.45, 2.75) is 18.7 Å². The van der Waals surface area contributed by atoms with Crippen molar-refractivity contribution in [1.82, 2.24) is 4.98 Å². The number of hydrogen-bond donors (Lipinski definition) is 1. The van der Waals surface area contributed by atoms with Gasteiger partial charge in [0.1, 0.15) is 0 Å². The first-order valence-electron chi connectivity index (χ1n) is 7.30. The Balaban J connectivity index is 2.28. The van der Waals surface area contributed by atoms with Crippen LogP contribution in [-0.2, 0) is 0 Å². The Morgan fingerprint density at radius 3 is 2.39 bits per heavy atom. The maximum Gasteiger partial charge on any atom is 0.336 e. The minimum Gasteiger partial charge on any atom is -0.478 e. The van der Waals surface area contributed by atoms with Gasteiger partial charge in [-0.25, -0.2) is 9.78 Å². The van der Waals surface area contributed by atoms with Gasteiger partial charge in [-0.1, -0.05) is 24.3 Å². The van der Waals surface area contributed by atoms with Gasteiger partial charge in [0.05, 0.1) is 16.8 Å². The van der Waals surface area contributed by atoms with Gasteiger partial charge in [-0.3, -0.25) is 0 Å². The van der Waals surface area contributed by atoms with E-state index in [1.807, 2.05) is 56.5 Å². The Kier molecular flexibility index (Phi) is 4.09. The molecule has 3 nitrogen and oxygen atoms in total. The van der Waals surface area contributed by atoms with E-state index in [1.54, 1.807) is 17.8 Å². The summed E-state index contributed by atoms with van der Waals surface area (Å²) >= 11 is 1.67. The van der Waals surface area contributed by atoms with Crippen LogP contribution in [0.15, 0.2) is 47.4 Å². The summed E-state index contributed by atoms with van der Waals surface area (Å²) in [5, 5.41) is 10.3. The molecular weight excluding hydrogens is 306 g/mol. The van der Waals surface area contributed by atoms with E-state index >= 15 is 0 Å². The number of thioether (sulfide) groups is 1. The zero-order valence-electron chi connectivity index (χ0n) is 13.3. The zero-order chi connectivity index (χ0) is 16.6. The Labute approximate surface area is 139 Å². The Bertz CT molecular complexity index is 901. The van der Waals surface area contributed by atoms with Crippen LogP contribution in [-0.4, -0.2) is 22.3 Å². The van der Waals surface area contributed by atoms with Crippen molar-refractivity contribution in [3.8, 4) is 11.3 Å². The molecule has 23 heavy (non-hydrogen) atoms. The predicted octanol–water partition coefficient (Wildman–Crippen LogP) is 4.94. The molecule has 0 bridgehead atoms. The highest BCUT2D eigenvalue weighted by Crippen LogP contribution is 2.29. The first-order valence-corrected chi connectivity index (χ1v) is 8.52. The number of fused-ring (bicyclic) bond motifs is 1. The molecule has 0 amide bonds. The van der Waals surface area contributed by atoms with Crippen LogP contribution < -0.4 is 0 Å². The number of benzene rings is 2. The quantitative estimate of drug-likeness (QED) is 0.694. The van der Waals surface area contributed by atoms with Crippen molar-refractivity contribution in [3.63, 3.8) is 0 Å². The van der Waals surface area contributed by atoms with Crippen LogP contribution >= 0.6 is 11.8 Å². The van der Waals surface area contributed by atoms with Gasteiger partial charge < -0.3 is 5.11 Å². The number of carboxylic acid groups (broad SMARTS) is 1. The standard InChI is InChI=1S/C19H17NO2S/c1-11-4-9-15-16(19(21)22)10-17(20-18(15)12(11)2)13-5-7-14(23-3)8-6-13/h4-10H,1-3H3,(H,21,22). The fraction of sp³-hybridized carbons (Fsp3) is 0.158. The lowest BCUT2D eigenvalue weighted by molar-refractivity contribution is 0.0699. The molecule has 0 unspecified atom stereocenters. The van der Waals surface area contributed by atoms with E-state index < -0.39 is 5.97 Å². The van der Waals surface area contributed by atoms with Crippen LogP contribution in [0.5, 0.6) is 0 Å². The zero-order valence-corrected chi connectivity index (χ0v) is 14.1. The van der Waals surface area contributed by atoms with Crippen molar-refractivity contribution in [2.75, 3.05) is 6.26 Å². The third kappa shape index (κ3) is 2.82. The number of pyridine rings is 1. The number of carbonyl (C=O) groups is 1. The molecule has 0 spiro atoms. The van der Waals surface area contributed by atoms with Gasteiger partial charge in [-0.05, 0) is 49.4 Å². The number of aromatic nitrogens is 1. The van der Waals surface area contributed by atoms with Crippen LogP contribution in [0, 0.1) is 13.8 Å². The molecule has 0 fully saturated rings. The molecule has 4 heteroatoms. The molecule has 116 valence electrons. The first kappa shape index (κ1) is 15.6. The summed E-state index contributed by atoms with van der Waals surface area (Å²) in [7, 11) is 0. The number of carboxylic acids is 1. The summed E-state index contributed by atoms with van der Waals surface area (Å²) in [6.07, 6.45) is 2.03. The van der Waals surface area contributed by atoms with Crippen molar-refractivity contribution >= 4 is 28.6 Å². The van der Waals surface area contributed by atoms with Crippen LogP contribution in [0.3, 0.4) is 0 Å². The Hall–Kier alpha value is -2.33. The summed E-state index contributed by atoms with van der Waals surface area (Å²) in [5.74, 6) is -0.928. The van der Waals surface area contributed by atoms with E-state index in [0.717, 1.165) is 22.2 Å². The number of aryl methyl sites for hydroxylation is 2. The third-order valence-electron chi connectivity index (χ3n) is 4.12. The lowest BCUT2D eigenvalue weighted by atomic mass is 9.99. The summed E-state index contributed by atoms with van der Waals surface area (Å²) in [4.78, 5) is 17.6. The molecule has 1 N–H and O–H groups in total. The molecule has 0 saturated heterocycles. The largest absolute Gasteiger partial charge is 0.478 e. The van der Waals surface area contributed by atoms with E-state index in [9.17, 15) is 9.90 Å². The number of rotatable bonds is 3. The summed E-state index contributed by atoms with van der Waals surface area (Å²) in [6, 6.07) is 13.5. The van der Waals surface area contributed by atoms with E-state index in [0.29, 0.717) is 16.6 Å². The lowest BCUT2D eigenvalue weighted by Gasteiger charge is -2.11. The smallest absolute Gasteiger partial charge is 0.336 e. The second kappa shape index (κ2) is 6.05. The second-order valence-electron chi connectivity index (χ2n) is 5.49. The monoisotopic (exact) mass is 323 g/mol. The van der Waals surface area contributed by atoms with E-state index in [4.69, 9.17) is 4.98 Å².